The first kappa shape index (κ1) is 14.3. The summed E-state index contributed by atoms with van der Waals surface area (Å²) < 4.78 is 0. The summed E-state index contributed by atoms with van der Waals surface area (Å²) in [4.78, 5) is 0. The Morgan fingerprint density at radius 2 is 1.90 bits per heavy atom. The molecule has 0 amide bonds. The minimum Gasteiger partial charge on any atom is -0.306 e. The van der Waals surface area contributed by atoms with Crippen molar-refractivity contribution in [3.05, 3.63) is 70.3 Å². The normalized spacial score (nSPS) is 11.9. The van der Waals surface area contributed by atoms with Crippen molar-refractivity contribution in [3.8, 4) is 6.07 Å². The van der Waals surface area contributed by atoms with Crippen LogP contribution in [-0.4, -0.2) is 0 Å². The maximum Gasteiger partial charge on any atom is 0.0995 e. The van der Waals surface area contributed by atoms with Crippen LogP contribution in [0.4, 0.5) is 0 Å². The molecule has 20 heavy (non-hydrogen) atoms. The average molecular weight is 264 g/mol. The van der Waals surface area contributed by atoms with Crippen LogP contribution in [0.15, 0.2) is 42.5 Å². The second kappa shape index (κ2) is 6.36. The van der Waals surface area contributed by atoms with E-state index in [1.165, 1.54) is 16.7 Å². The summed E-state index contributed by atoms with van der Waals surface area (Å²) in [5.41, 5.74) is 5.68. The van der Waals surface area contributed by atoms with E-state index < -0.39 is 0 Å². The second-order valence-electron chi connectivity index (χ2n) is 5.23. The van der Waals surface area contributed by atoms with E-state index in [2.05, 4.69) is 50.4 Å². The van der Waals surface area contributed by atoms with Crippen LogP contribution >= 0.6 is 0 Å². The minimum absolute atomic E-state index is 0.265. The fourth-order valence-corrected chi connectivity index (χ4v) is 2.38. The number of nitrogens with one attached hydrogen (secondary N) is 1. The molecule has 1 unspecified atom stereocenters. The van der Waals surface area contributed by atoms with Gasteiger partial charge in [0.25, 0.3) is 0 Å². The van der Waals surface area contributed by atoms with Crippen molar-refractivity contribution < 1.29 is 0 Å². The third-order valence-electron chi connectivity index (χ3n) is 3.64. The Hall–Kier alpha value is -2.11. The summed E-state index contributed by atoms with van der Waals surface area (Å²) in [6.07, 6.45) is 0. The summed E-state index contributed by atoms with van der Waals surface area (Å²) in [6.45, 7) is 7.12. The van der Waals surface area contributed by atoms with Crippen molar-refractivity contribution in [1.82, 2.24) is 5.32 Å². The SMILES string of the molecule is Cc1ccc(C)c(C(C)NCc2ccccc2C#N)c1. The Morgan fingerprint density at radius 1 is 1.15 bits per heavy atom. The summed E-state index contributed by atoms with van der Waals surface area (Å²) >= 11 is 0. The highest BCUT2D eigenvalue weighted by atomic mass is 14.9. The van der Waals surface area contributed by atoms with E-state index in [1.807, 2.05) is 24.3 Å². The van der Waals surface area contributed by atoms with Crippen LogP contribution < -0.4 is 5.32 Å². The quantitative estimate of drug-likeness (QED) is 0.905. The molecule has 1 atom stereocenters. The van der Waals surface area contributed by atoms with Crippen molar-refractivity contribution in [2.75, 3.05) is 0 Å². The molecule has 0 radical (unpaired) electrons. The van der Waals surface area contributed by atoms with Crippen molar-refractivity contribution in [1.29, 1.82) is 5.26 Å². The Morgan fingerprint density at radius 3 is 2.65 bits per heavy atom. The summed E-state index contributed by atoms with van der Waals surface area (Å²) in [7, 11) is 0. The lowest BCUT2D eigenvalue weighted by Gasteiger charge is -2.17. The van der Waals surface area contributed by atoms with Crippen LogP contribution in [0.25, 0.3) is 0 Å². The van der Waals surface area contributed by atoms with E-state index in [9.17, 15) is 0 Å². The van der Waals surface area contributed by atoms with Crippen LogP contribution in [-0.2, 0) is 6.54 Å². The minimum atomic E-state index is 0.265. The van der Waals surface area contributed by atoms with Crippen LogP contribution in [0.3, 0.4) is 0 Å². The molecular formula is C18H20N2. The van der Waals surface area contributed by atoms with Crippen LogP contribution in [0.5, 0.6) is 0 Å². The number of hydrogen-bond donors (Lipinski definition) is 1. The van der Waals surface area contributed by atoms with Crippen LogP contribution in [0.1, 0.15) is 40.8 Å². The van der Waals surface area contributed by atoms with Crippen molar-refractivity contribution in [2.45, 2.75) is 33.4 Å². The molecule has 0 spiro atoms. The molecule has 0 aromatic heterocycles. The largest absolute Gasteiger partial charge is 0.306 e. The highest BCUT2D eigenvalue weighted by Gasteiger charge is 2.09. The zero-order valence-electron chi connectivity index (χ0n) is 12.3. The molecule has 0 aliphatic carbocycles. The zero-order chi connectivity index (χ0) is 14.5. The Labute approximate surface area is 121 Å². The van der Waals surface area contributed by atoms with Crippen molar-refractivity contribution >= 4 is 0 Å². The standard InChI is InChI=1S/C18H20N2/c1-13-8-9-14(2)18(10-13)15(3)20-12-17-7-5-4-6-16(17)11-19/h4-10,15,20H,12H2,1-3H3. The predicted octanol–water partition coefficient (Wildman–Crippen LogP) is 4.03. The zero-order valence-corrected chi connectivity index (χ0v) is 12.3. The lowest BCUT2D eigenvalue weighted by atomic mass is 9.99. The summed E-state index contributed by atoms with van der Waals surface area (Å²) in [6, 6.07) is 16.8. The van der Waals surface area contributed by atoms with Gasteiger partial charge in [-0.15, -0.1) is 0 Å². The number of nitriles is 1. The van der Waals surface area contributed by atoms with Gasteiger partial charge in [-0.2, -0.15) is 5.26 Å². The van der Waals surface area contributed by atoms with Crippen molar-refractivity contribution in [2.24, 2.45) is 0 Å². The molecule has 0 bridgehead atoms. The molecule has 2 aromatic rings. The number of rotatable bonds is 4. The number of benzene rings is 2. The maximum atomic E-state index is 9.10. The van der Waals surface area contributed by atoms with Gasteiger partial charge in [-0.3, -0.25) is 0 Å². The van der Waals surface area contributed by atoms with E-state index in [-0.39, 0.29) is 6.04 Å². The molecule has 2 rings (SSSR count). The second-order valence-corrected chi connectivity index (χ2v) is 5.23. The highest BCUT2D eigenvalue weighted by Crippen LogP contribution is 2.19. The van der Waals surface area contributed by atoms with Gasteiger partial charge in [0.05, 0.1) is 11.6 Å². The van der Waals surface area contributed by atoms with Crippen LogP contribution in [0, 0.1) is 25.2 Å². The first-order valence-electron chi connectivity index (χ1n) is 6.90. The fourth-order valence-electron chi connectivity index (χ4n) is 2.38. The van der Waals surface area contributed by atoms with Gasteiger partial charge in [0, 0.05) is 12.6 Å². The van der Waals surface area contributed by atoms with Gasteiger partial charge in [0.2, 0.25) is 0 Å². The molecule has 1 N–H and O–H groups in total. The molecule has 2 heteroatoms. The maximum absolute atomic E-state index is 9.10. The molecule has 0 heterocycles. The van der Waals surface area contributed by atoms with Gasteiger partial charge in [0.1, 0.15) is 0 Å². The van der Waals surface area contributed by atoms with Gasteiger partial charge < -0.3 is 5.32 Å². The first-order chi connectivity index (χ1) is 9.61. The number of aryl methyl sites for hydroxylation is 2. The number of nitrogens with zero attached hydrogens (tertiary/aromatic N) is 1. The van der Waals surface area contributed by atoms with Crippen molar-refractivity contribution in [3.63, 3.8) is 0 Å². The molecule has 0 aliphatic rings. The Bertz CT molecular complexity index is 638. The average Bonchev–Trinajstić information content (AvgIpc) is 2.47. The molecule has 0 saturated carbocycles. The molecule has 0 aliphatic heterocycles. The summed E-state index contributed by atoms with van der Waals surface area (Å²) in [5, 5.41) is 12.6. The van der Waals surface area contributed by atoms with E-state index in [1.54, 1.807) is 0 Å². The third-order valence-corrected chi connectivity index (χ3v) is 3.64. The third kappa shape index (κ3) is 3.26. The lowest BCUT2D eigenvalue weighted by Crippen LogP contribution is -2.19. The van der Waals surface area contributed by atoms with Gasteiger partial charge in [0.15, 0.2) is 0 Å². The lowest BCUT2D eigenvalue weighted by molar-refractivity contribution is 0.571. The van der Waals surface area contributed by atoms with Gasteiger partial charge in [-0.05, 0) is 43.5 Å². The molecule has 2 aromatic carbocycles. The Balaban J connectivity index is 2.11. The van der Waals surface area contributed by atoms with Crippen LogP contribution in [0.2, 0.25) is 0 Å². The van der Waals surface area contributed by atoms with E-state index >= 15 is 0 Å². The first-order valence-corrected chi connectivity index (χ1v) is 6.90. The van der Waals surface area contributed by atoms with Gasteiger partial charge in [-0.1, -0.05) is 42.0 Å². The molecule has 0 fully saturated rings. The van der Waals surface area contributed by atoms with Gasteiger partial charge >= 0.3 is 0 Å². The molecule has 0 saturated heterocycles. The van der Waals surface area contributed by atoms with E-state index in [0.29, 0.717) is 6.54 Å². The molecular weight excluding hydrogens is 244 g/mol. The highest BCUT2D eigenvalue weighted by molar-refractivity contribution is 5.37. The summed E-state index contributed by atoms with van der Waals surface area (Å²) in [5.74, 6) is 0. The smallest absolute Gasteiger partial charge is 0.0995 e. The Kier molecular flexibility index (Phi) is 4.55. The number of hydrogen-bond acceptors (Lipinski definition) is 2. The van der Waals surface area contributed by atoms with Gasteiger partial charge in [-0.25, -0.2) is 0 Å². The molecule has 2 nitrogen and oxygen atoms in total. The van der Waals surface area contributed by atoms with E-state index in [4.69, 9.17) is 5.26 Å². The van der Waals surface area contributed by atoms with E-state index in [0.717, 1.165) is 11.1 Å². The molecule has 102 valence electrons. The topological polar surface area (TPSA) is 35.8 Å². The predicted molar refractivity (Wildman–Crippen MR) is 82.3 cm³/mol. The monoisotopic (exact) mass is 264 g/mol. The fraction of sp³-hybridized carbons (Fsp3) is 0.278.